The minimum Gasteiger partial charge on any atom is -0.497 e. The minimum atomic E-state index is -3.24. The average Bonchev–Trinajstić information content (AvgIpc) is 2.78. The number of benzene rings is 2. The highest BCUT2D eigenvalue weighted by atomic mass is 32.2. The summed E-state index contributed by atoms with van der Waals surface area (Å²) in [5.74, 6) is 6.58. The van der Waals surface area contributed by atoms with E-state index in [-0.39, 0.29) is 17.3 Å². The number of hydrogen-bond donors (Lipinski definition) is 1. The van der Waals surface area contributed by atoms with Crippen LogP contribution in [0.15, 0.2) is 71.8 Å². The minimum absolute atomic E-state index is 0.245. The van der Waals surface area contributed by atoms with E-state index in [0.717, 1.165) is 23.1 Å². The molecule has 0 saturated heterocycles. The van der Waals surface area contributed by atoms with Crippen LogP contribution in [-0.4, -0.2) is 32.7 Å². The van der Waals surface area contributed by atoms with Gasteiger partial charge in [-0.1, -0.05) is 30.2 Å². The Hall–Kier alpha value is -3.63. The Bertz CT molecular complexity index is 1220. The van der Waals surface area contributed by atoms with Gasteiger partial charge in [0.15, 0.2) is 9.84 Å². The molecule has 1 amide bonds. The van der Waals surface area contributed by atoms with Crippen molar-refractivity contribution in [1.29, 1.82) is 0 Å². The summed E-state index contributed by atoms with van der Waals surface area (Å²) < 4.78 is 28.2. The Morgan fingerprint density at radius 2 is 1.71 bits per heavy atom. The fraction of sp³-hybridized carbons (Fsp3) is 0.167. The van der Waals surface area contributed by atoms with E-state index in [1.54, 1.807) is 37.6 Å². The molecule has 0 aliphatic heterocycles. The summed E-state index contributed by atoms with van der Waals surface area (Å²) in [7, 11) is -1.62. The first-order valence-electron chi connectivity index (χ1n) is 9.50. The summed E-state index contributed by atoms with van der Waals surface area (Å²) in [6, 6.07) is 17.3. The van der Waals surface area contributed by atoms with E-state index in [0.29, 0.717) is 17.7 Å². The van der Waals surface area contributed by atoms with Crippen LogP contribution >= 0.6 is 0 Å². The second kappa shape index (κ2) is 9.92. The zero-order valence-electron chi connectivity index (χ0n) is 17.3. The highest BCUT2D eigenvalue weighted by Gasteiger charge is 2.08. The molecule has 6 nitrogen and oxygen atoms in total. The molecule has 0 aliphatic rings. The van der Waals surface area contributed by atoms with Gasteiger partial charge < -0.3 is 10.1 Å². The van der Waals surface area contributed by atoms with E-state index < -0.39 is 9.84 Å². The number of nitrogens with one attached hydrogen (secondary N) is 1. The van der Waals surface area contributed by atoms with Gasteiger partial charge in [-0.3, -0.25) is 4.79 Å². The number of carbonyl (C=O) groups excluding carboxylic acids is 1. The number of carbonyl (C=O) groups is 1. The van der Waals surface area contributed by atoms with Crippen LogP contribution < -0.4 is 10.1 Å². The number of pyridine rings is 1. The summed E-state index contributed by atoms with van der Waals surface area (Å²) in [4.78, 5) is 16.9. The normalized spacial score (nSPS) is 10.6. The summed E-state index contributed by atoms with van der Waals surface area (Å²) in [6.07, 6.45) is 3.27. The van der Waals surface area contributed by atoms with Gasteiger partial charge in [-0.05, 0) is 53.4 Å². The number of rotatable bonds is 6. The topological polar surface area (TPSA) is 85.4 Å². The molecule has 1 N–H and O–H groups in total. The van der Waals surface area contributed by atoms with Crippen molar-refractivity contribution in [3.8, 4) is 17.6 Å². The van der Waals surface area contributed by atoms with Crippen LogP contribution in [0.1, 0.15) is 27.2 Å². The number of aromatic nitrogens is 1. The smallest absolute Gasteiger partial charge is 0.251 e. The van der Waals surface area contributed by atoms with Crippen LogP contribution in [0.4, 0.5) is 0 Å². The van der Waals surface area contributed by atoms with Crippen molar-refractivity contribution >= 4 is 15.7 Å². The van der Waals surface area contributed by atoms with Gasteiger partial charge in [0.1, 0.15) is 11.4 Å². The first-order valence-corrected chi connectivity index (χ1v) is 11.4. The second-order valence-corrected chi connectivity index (χ2v) is 8.87. The number of sulfone groups is 1. The molecule has 1 aromatic heterocycles. The molecule has 0 fully saturated rings. The van der Waals surface area contributed by atoms with Crippen LogP contribution in [0.25, 0.3) is 0 Å². The van der Waals surface area contributed by atoms with Gasteiger partial charge in [0.05, 0.1) is 12.0 Å². The number of nitrogens with zero attached hydrogens (tertiary/aromatic N) is 1. The molecule has 158 valence electrons. The number of methoxy groups -OCH3 is 1. The van der Waals surface area contributed by atoms with E-state index >= 15 is 0 Å². The molecular weight excluding hydrogens is 412 g/mol. The Morgan fingerprint density at radius 3 is 2.35 bits per heavy atom. The lowest BCUT2D eigenvalue weighted by molar-refractivity contribution is 0.0950. The van der Waals surface area contributed by atoms with Gasteiger partial charge in [-0.2, -0.15) is 0 Å². The highest BCUT2D eigenvalue weighted by molar-refractivity contribution is 7.90. The monoisotopic (exact) mass is 434 g/mol. The third kappa shape index (κ3) is 6.43. The fourth-order valence-electron chi connectivity index (χ4n) is 2.76. The summed E-state index contributed by atoms with van der Waals surface area (Å²) in [6.45, 7) is 0.281. The Kier molecular flexibility index (Phi) is 7.06. The average molecular weight is 435 g/mol. The van der Waals surface area contributed by atoms with Gasteiger partial charge in [-0.25, -0.2) is 13.4 Å². The van der Waals surface area contributed by atoms with Gasteiger partial charge in [0.2, 0.25) is 0 Å². The van der Waals surface area contributed by atoms with Crippen molar-refractivity contribution in [1.82, 2.24) is 10.3 Å². The van der Waals surface area contributed by atoms with Crippen molar-refractivity contribution in [3.05, 3.63) is 89.2 Å². The van der Waals surface area contributed by atoms with Crippen LogP contribution in [0, 0.1) is 11.8 Å². The SMILES string of the molecule is COc1ccc(CC#Cc2cc(C(=O)NCc3ccc(S(C)(=O)=O)cc3)ccn2)cc1. The van der Waals surface area contributed by atoms with Gasteiger partial charge >= 0.3 is 0 Å². The maximum absolute atomic E-state index is 12.5. The summed E-state index contributed by atoms with van der Waals surface area (Å²) in [5.41, 5.74) is 2.83. The second-order valence-electron chi connectivity index (χ2n) is 6.86. The van der Waals surface area contributed by atoms with Crippen molar-refractivity contribution in [3.63, 3.8) is 0 Å². The zero-order chi connectivity index (χ0) is 22.3. The third-order valence-electron chi connectivity index (χ3n) is 4.49. The molecule has 0 spiro atoms. The summed E-state index contributed by atoms with van der Waals surface area (Å²) >= 11 is 0. The first kappa shape index (κ1) is 22.1. The van der Waals surface area contributed by atoms with E-state index in [4.69, 9.17) is 4.74 Å². The first-order chi connectivity index (χ1) is 14.8. The van der Waals surface area contributed by atoms with Gasteiger partial charge in [0, 0.05) is 31.0 Å². The quantitative estimate of drug-likeness (QED) is 0.603. The fourth-order valence-corrected chi connectivity index (χ4v) is 3.39. The molecule has 0 aliphatic carbocycles. The Labute approximate surface area is 182 Å². The molecule has 0 atom stereocenters. The van der Waals surface area contributed by atoms with E-state index in [9.17, 15) is 13.2 Å². The number of amides is 1. The molecule has 0 bridgehead atoms. The van der Waals surface area contributed by atoms with E-state index in [1.807, 2.05) is 24.3 Å². The summed E-state index contributed by atoms with van der Waals surface area (Å²) in [5, 5.41) is 2.82. The van der Waals surface area contributed by atoms with Crippen molar-refractivity contribution in [2.45, 2.75) is 17.9 Å². The van der Waals surface area contributed by atoms with E-state index in [1.165, 1.54) is 12.1 Å². The molecule has 0 unspecified atom stereocenters. The maximum atomic E-state index is 12.5. The lowest BCUT2D eigenvalue weighted by Gasteiger charge is -2.06. The molecule has 7 heteroatoms. The van der Waals surface area contributed by atoms with Crippen LogP contribution in [0.2, 0.25) is 0 Å². The van der Waals surface area contributed by atoms with Crippen LogP contribution in [0.5, 0.6) is 5.75 Å². The van der Waals surface area contributed by atoms with Crippen molar-refractivity contribution < 1.29 is 17.9 Å². The Balaban J connectivity index is 1.59. The zero-order valence-corrected chi connectivity index (χ0v) is 18.1. The number of hydrogen-bond acceptors (Lipinski definition) is 5. The van der Waals surface area contributed by atoms with Crippen LogP contribution in [0.3, 0.4) is 0 Å². The number of ether oxygens (including phenoxy) is 1. The molecule has 0 radical (unpaired) electrons. The molecule has 31 heavy (non-hydrogen) atoms. The molecular formula is C24H22N2O4S. The molecule has 0 saturated carbocycles. The lowest BCUT2D eigenvalue weighted by atomic mass is 10.1. The Morgan fingerprint density at radius 1 is 1.03 bits per heavy atom. The van der Waals surface area contributed by atoms with Crippen molar-refractivity contribution in [2.24, 2.45) is 0 Å². The predicted octanol–water partition coefficient (Wildman–Crippen LogP) is 3.02. The predicted molar refractivity (Wildman–Crippen MR) is 119 cm³/mol. The largest absolute Gasteiger partial charge is 0.497 e. The third-order valence-corrected chi connectivity index (χ3v) is 5.62. The standard InChI is InChI=1S/C24H22N2O4S/c1-30-22-10-6-18(7-11-22)4-3-5-21-16-20(14-15-25-21)24(27)26-17-19-8-12-23(13-9-19)31(2,28)29/h6-16H,4,17H2,1-2H3,(H,26,27). The van der Waals surface area contributed by atoms with Gasteiger partial charge in [-0.15, -0.1) is 0 Å². The molecule has 1 heterocycles. The maximum Gasteiger partial charge on any atom is 0.251 e. The molecule has 2 aromatic carbocycles. The molecule has 3 rings (SSSR count). The lowest BCUT2D eigenvalue weighted by Crippen LogP contribution is -2.23. The van der Waals surface area contributed by atoms with Crippen molar-refractivity contribution in [2.75, 3.05) is 13.4 Å². The molecule has 3 aromatic rings. The van der Waals surface area contributed by atoms with E-state index in [2.05, 4.69) is 22.1 Å². The highest BCUT2D eigenvalue weighted by Crippen LogP contribution is 2.12. The van der Waals surface area contributed by atoms with Gasteiger partial charge in [0.25, 0.3) is 5.91 Å². The van der Waals surface area contributed by atoms with Crippen LogP contribution in [-0.2, 0) is 22.8 Å².